The first kappa shape index (κ1) is 13.9. The van der Waals surface area contributed by atoms with Gasteiger partial charge in [0, 0.05) is 25.7 Å². The van der Waals surface area contributed by atoms with Gasteiger partial charge in [0.2, 0.25) is 5.95 Å². The van der Waals surface area contributed by atoms with E-state index in [4.69, 9.17) is 4.74 Å². The number of fused-ring (bicyclic) bond motifs is 1. The molecule has 2 heterocycles. The van der Waals surface area contributed by atoms with E-state index < -0.39 is 0 Å². The number of benzene rings is 1. The summed E-state index contributed by atoms with van der Waals surface area (Å²) in [5.41, 5.74) is 0.568. The van der Waals surface area contributed by atoms with Crippen LogP contribution in [0.4, 0.5) is 5.95 Å². The van der Waals surface area contributed by atoms with Crippen molar-refractivity contribution >= 4 is 16.9 Å². The highest BCUT2D eigenvalue weighted by atomic mass is 16.5. The molecule has 1 saturated heterocycles. The maximum atomic E-state index is 12.3. The molecule has 2 N–H and O–H groups in total. The molecule has 6 heteroatoms. The van der Waals surface area contributed by atoms with E-state index in [0.717, 1.165) is 26.1 Å². The molecule has 1 atom stereocenters. The minimum absolute atomic E-state index is 0.126. The van der Waals surface area contributed by atoms with E-state index in [2.05, 4.69) is 27.1 Å². The predicted octanol–water partition coefficient (Wildman–Crippen LogP) is 1.12. The Bertz CT molecular complexity index is 698. The van der Waals surface area contributed by atoms with Gasteiger partial charge in [-0.3, -0.25) is 9.78 Å². The van der Waals surface area contributed by atoms with Gasteiger partial charge in [0.05, 0.1) is 18.0 Å². The minimum Gasteiger partial charge on any atom is -0.497 e. The Kier molecular flexibility index (Phi) is 3.79. The Morgan fingerprint density at radius 3 is 3.05 bits per heavy atom. The molecule has 1 unspecified atom stereocenters. The van der Waals surface area contributed by atoms with Crippen LogP contribution in [0, 0.1) is 0 Å². The molecule has 1 aliphatic heterocycles. The van der Waals surface area contributed by atoms with Crippen LogP contribution in [-0.2, 0) is 0 Å². The fraction of sp³-hybridized carbons (Fsp3) is 0.467. The number of aromatic nitrogens is 2. The Labute approximate surface area is 123 Å². The van der Waals surface area contributed by atoms with E-state index in [1.807, 2.05) is 12.1 Å². The van der Waals surface area contributed by atoms with E-state index in [0.29, 0.717) is 28.6 Å². The number of aromatic amines is 1. The fourth-order valence-corrected chi connectivity index (χ4v) is 2.60. The van der Waals surface area contributed by atoms with Crippen LogP contribution in [0.2, 0.25) is 0 Å². The lowest BCUT2D eigenvalue weighted by atomic mass is 10.2. The van der Waals surface area contributed by atoms with Crippen molar-refractivity contribution in [1.82, 2.24) is 15.3 Å². The topological polar surface area (TPSA) is 70.2 Å². The number of rotatable bonds is 2. The zero-order valence-corrected chi connectivity index (χ0v) is 12.3. The predicted molar refractivity (Wildman–Crippen MR) is 83.2 cm³/mol. The highest BCUT2D eigenvalue weighted by Gasteiger charge is 2.16. The summed E-state index contributed by atoms with van der Waals surface area (Å²) in [5.74, 6) is 1.31. The number of H-pyrrole nitrogens is 1. The van der Waals surface area contributed by atoms with Gasteiger partial charge in [-0.1, -0.05) is 0 Å². The smallest absolute Gasteiger partial charge is 0.260 e. The monoisotopic (exact) mass is 288 g/mol. The van der Waals surface area contributed by atoms with Crippen LogP contribution >= 0.6 is 0 Å². The number of hydrogen-bond donors (Lipinski definition) is 2. The van der Waals surface area contributed by atoms with E-state index >= 15 is 0 Å². The van der Waals surface area contributed by atoms with E-state index in [1.54, 1.807) is 13.2 Å². The lowest BCUT2D eigenvalue weighted by Crippen LogP contribution is -2.31. The summed E-state index contributed by atoms with van der Waals surface area (Å²) >= 11 is 0. The average molecular weight is 288 g/mol. The molecule has 0 saturated carbocycles. The number of hydrogen-bond acceptors (Lipinski definition) is 5. The van der Waals surface area contributed by atoms with Crippen LogP contribution in [0.1, 0.15) is 13.3 Å². The summed E-state index contributed by atoms with van der Waals surface area (Å²) in [6.45, 7) is 4.80. The molecule has 3 rings (SSSR count). The van der Waals surface area contributed by atoms with Gasteiger partial charge in [0.1, 0.15) is 5.75 Å². The minimum atomic E-state index is -0.126. The van der Waals surface area contributed by atoms with Crippen molar-refractivity contribution in [3.05, 3.63) is 28.6 Å². The number of ether oxygens (including phenoxy) is 1. The van der Waals surface area contributed by atoms with Crippen molar-refractivity contribution in [1.29, 1.82) is 0 Å². The van der Waals surface area contributed by atoms with Gasteiger partial charge in [-0.25, -0.2) is 4.98 Å². The molecule has 0 spiro atoms. The first-order valence-electron chi connectivity index (χ1n) is 7.24. The summed E-state index contributed by atoms with van der Waals surface area (Å²) in [6, 6.07) is 5.86. The summed E-state index contributed by atoms with van der Waals surface area (Å²) in [4.78, 5) is 21.9. The van der Waals surface area contributed by atoms with Crippen LogP contribution in [0.3, 0.4) is 0 Å². The van der Waals surface area contributed by atoms with E-state index in [1.165, 1.54) is 0 Å². The van der Waals surface area contributed by atoms with Crippen molar-refractivity contribution in [3.63, 3.8) is 0 Å². The average Bonchev–Trinajstić information content (AvgIpc) is 2.71. The van der Waals surface area contributed by atoms with E-state index in [9.17, 15) is 4.79 Å². The Hall–Kier alpha value is -2.08. The summed E-state index contributed by atoms with van der Waals surface area (Å²) < 4.78 is 5.15. The quantitative estimate of drug-likeness (QED) is 0.866. The molecule has 0 amide bonds. The fourth-order valence-electron chi connectivity index (χ4n) is 2.60. The standard InChI is InChI=1S/C15H20N4O2/c1-10-5-7-19(8-6-16-10)15-17-13-4-3-11(21-2)9-12(13)14(20)18-15/h3-4,9-10,16H,5-8H2,1-2H3,(H,17,18,20). The third kappa shape index (κ3) is 2.85. The summed E-state index contributed by atoms with van der Waals surface area (Å²) in [7, 11) is 1.59. The molecule has 1 aromatic heterocycles. The Morgan fingerprint density at radius 2 is 2.24 bits per heavy atom. The van der Waals surface area contributed by atoms with Gasteiger partial charge < -0.3 is 15.0 Å². The molecule has 1 fully saturated rings. The van der Waals surface area contributed by atoms with Crippen LogP contribution < -0.4 is 20.5 Å². The number of nitrogens with zero attached hydrogens (tertiary/aromatic N) is 2. The normalized spacial score (nSPS) is 19.5. The van der Waals surface area contributed by atoms with Crippen LogP contribution in [0.15, 0.2) is 23.0 Å². The molecule has 1 aromatic carbocycles. The zero-order chi connectivity index (χ0) is 14.8. The number of anilines is 1. The van der Waals surface area contributed by atoms with Crippen molar-refractivity contribution in [2.45, 2.75) is 19.4 Å². The second-order valence-corrected chi connectivity index (χ2v) is 5.40. The lowest BCUT2D eigenvalue weighted by molar-refractivity contribution is 0.415. The molecular formula is C15H20N4O2. The number of nitrogens with one attached hydrogen (secondary N) is 2. The molecule has 0 aliphatic carbocycles. The molecule has 21 heavy (non-hydrogen) atoms. The van der Waals surface area contributed by atoms with Crippen molar-refractivity contribution in [2.24, 2.45) is 0 Å². The van der Waals surface area contributed by atoms with Crippen LogP contribution in [0.25, 0.3) is 10.9 Å². The molecule has 0 radical (unpaired) electrons. The second kappa shape index (κ2) is 5.73. The SMILES string of the molecule is COc1ccc2nc(N3CCNC(C)CC3)[nH]c(=O)c2c1. The Morgan fingerprint density at radius 1 is 1.38 bits per heavy atom. The lowest BCUT2D eigenvalue weighted by Gasteiger charge is -2.20. The highest BCUT2D eigenvalue weighted by Crippen LogP contribution is 2.18. The van der Waals surface area contributed by atoms with Gasteiger partial charge in [0.15, 0.2) is 0 Å². The Balaban J connectivity index is 1.98. The zero-order valence-electron chi connectivity index (χ0n) is 12.3. The molecule has 6 nitrogen and oxygen atoms in total. The van der Waals surface area contributed by atoms with Crippen molar-refractivity contribution in [2.75, 3.05) is 31.6 Å². The first-order valence-corrected chi connectivity index (χ1v) is 7.24. The maximum absolute atomic E-state index is 12.3. The van der Waals surface area contributed by atoms with Gasteiger partial charge in [-0.05, 0) is 31.5 Å². The molecule has 2 aromatic rings. The molecule has 0 bridgehead atoms. The van der Waals surface area contributed by atoms with Crippen molar-refractivity contribution < 1.29 is 4.74 Å². The highest BCUT2D eigenvalue weighted by molar-refractivity contribution is 5.80. The molecular weight excluding hydrogens is 268 g/mol. The van der Waals surface area contributed by atoms with Gasteiger partial charge >= 0.3 is 0 Å². The second-order valence-electron chi connectivity index (χ2n) is 5.40. The van der Waals surface area contributed by atoms with Gasteiger partial charge in [0.25, 0.3) is 5.56 Å². The van der Waals surface area contributed by atoms with Crippen LogP contribution in [-0.4, -0.2) is 42.8 Å². The third-order valence-electron chi connectivity index (χ3n) is 3.91. The summed E-state index contributed by atoms with van der Waals surface area (Å²) in [6.07, 6.45) is 1.03. The van der Waals surface area contributed by atoms with Crippen LogP contribution in [0.5, 0.6) is 5.75 Å². The van der Waals surface area contributed by atoms with E-state index in [-0.39, 0.29) is 5.56 Å². The maximum Gasteiger partial charge on any atom is 0.260 e. The molecule has 112 valence electrons. The largest absolute Gasteiger partial charge is 0.497 e. The molecule has 1 aliphatic rings. The third-order valence-corrected chi connectivity index (χ3v) is 3.91. The summed E-state index contributed by atoms with van der Waals surface area (Å²) in [5, 5.41) is 3.99. The van der Waals surface area contributed by atoms with Gasteiger partial charge in [-0.15, -0.1) is 0 Å². The van der Waals surface area contributed by atoms with Crippen molar-refractivity contribution in [3.8, 4) is 5.75 Å². The number of methoxy groups -OCH3 is 1. The first-order chi connectivity index (χ1) is 10.2. The van der Waals surface area contributed by atoms with Gasteiger partial charge in [-0.2, -0.15) is 0 Å².